The highest BCUT2D eigenvalue weighted by Gasteiger charge is 2.36. The normalized spacial score (nSPS) is 19.8. The topological polar surface area (TPSA) is 83.6 Å². The minimum atomic E-state index is -0.976. The van der Waals surface area contributed by atoms with E-state index in [-0.39, 0.29) is 24.3 Å². The lowest BCUT2D eigenvalue weighted by molar-refractivity contribution is -0.151. The molecule has 0 saturated carbocycles. The summed E-state index contributed by atoms with van der Waals surface area (Å²) in [5, 5.41) is 11.3. The molecule has 2 heterocycles. The average Bonchev–Trinajstić information content (AvgIpc) is 2.84. The van der Waals surface area contributed by atoms with Crippen LogP contribution in [-0.4, -0.2) is 34.5 Å². The highest BCUT2D eigenvalue weighted by atomic mass is 32.1. The van der Waals surface area contributed by atoms with Gasteiger partial charge in [0.05, 0.1) is 0 Å². The van der Waals surface area contributed by atoms with Crippen LogP contribution in [0.25, 0.3) is 0 Å². The van der Waals surface area contributed by atoms with Crippen LogP contribution >= 0.6 is 11.3 Å². The van der Waals surface area contributed by atoms with Gasteiger partial charge in [0.1, 0.15) is 0 Å². The maximum Gasteiger partial charge on any atom is 0.331 e. The Labute approximate surface area is 122 Å². The summed E-state index contributed by atoms with van der Waals surface area (Å²) in [5.41, 5.74) is 6.68. The van der Waals surface area contributed by atoms with E-state index < -0.39 is 12.0 Å². The summed E-state index contributed by atoms with van der Waals surface area (Å²) in [5.74, 6) is -0.949. The molecule has 5 nitrogen and oxygen atoms in total. The third-order valence-corrected chi connectivity index (χ3v) is 4.78. The highest BCUT2D eigenvalue weighted by molar-refractivity contribution is 7.10. The molecule has 20 heavy (non-hydrogen) atoms. The smallest absolute Gasteiger partial charge is 0.331 e. The lowest BCUT2D eigenvalue weighted by Gasteiger charge is -2.34. The monoisotopic (exact) mass is 296 g/mol. The zero-order valence-corrected chi connectivity index (χ0v) is 12.5. The summed E-state index contributed by atoms with van der Waals surface area (Å²) >= 11 is 1.55. The first-order valence-electron chi connectivity index (χ1n) is 6.76. The van der Waals surface area contributed by atoms with Crippen molar-refractivity contribution in [3.63, 3.8) is 0 Å². The minimum Gasteiger partial charge on any atom is -0.479 e. The Balaban J connectivity index is 2.19. The summed E-state index contributed by atoms with van der Waals surface area (Å²) in [6, 6.07) is 0.707. The number of nitrogens with zero attached hydrogens (tertiary/aromatic N) is 1. The molecule has 2 unspecified atom stereocenters. The molecule has 0 saturated heterocycles. The van der Waals surface area contributed by atoms with E-state index in [1.807, 2.05) is 19.2 Å². The number of carboxylic acid groups (broad SMARTS) is 1. The van der Waals surface area contributed by atoms with E-state index in [0.29, 0.717) is 6.54 Å². The molecule has 6 heteroatoms. The number of rotatable bonds is 4. The molecule has 0 aromatic carbocycles. The standard InChI is InChI=1S/C14H20N2O3S/c1-8(2)10(15)7-12(17)16-5-3-11-9(4-6-20-11)13(16)14(18)19/h4,6,8,10,13H,3,5,7,15H2,1-2H3,(H,18,19). The average molecular weight is 296 g/mol. The zero-order chi connectivity index (χ0) is 14.9. The first-order valence-corrected chi connectivity index (χ1v) is 7.64. The van der Waals surface area contributed by atoms with Gasteiger partial charge in [-0.3, -0.25) is 4.79 Å². The van der Waals surface area contributed by atoms with E-state index in [9.17, 15) is 14.7 Å². The van der Waals surface area contributed by atoms with Crippen LogP contribution in [0.4, 0.5) is 0 Å². The molecule has 110 valence electrons. The fourth-order valence-corrected chi connectivity index (χ4v) is 3.31. The third-order valence-electron chi connectivity index (χ3n) is 3.79. The lowest BCUT2D eigenvalue weighted by Crippen LogP contribution is -2.45. The van der Waals surface area contributed by atoms with Crippen LogP contribution in [0, 0.1) is 5.92 Å². The Hall–Kier alpha value is -1.40. The predicted octanol–water partition coefficient (Wildman–Crippen LogP) is 1.63. The Morgan fingerprint density at radius 2 is 2.25 bits per heavy atom. The fraction of sp³-hybridized carbons (Fsp3) is 0.571. The largest absolute Gasteiger partial charge is 0.479 e. The van der Waals surface area contributed by atoms with Crippen LogP contribution in [-0.2, 0) is 16.0 Å². The second kappa shape index (κ2) is 5.93. The van der Waals surface area contributed by atoms with Crippen molar-refractivity contribution in [3.05, 3.63) is 21.9 Å². The first-order chi connectivity index (χ1) is 9.41. The Kier molecular flexibility index (Phi) is 4.45. The second-order valence-corrected chi connectivity index (χ2v) is 6.49. The van der Waals surface area contributed by atoms with Gasteiger partial charge in [0, 0.05) is 23.9 Å². The van der Waals surface area contributed by atoms with Crippen LogP contribution in [0.2, 0.25) is 0 Å². The van der Waals surface area contributed by atoms with Gasteiger partial charge in [-0.05, 0) is 29.3 Å². The number of carbonyl (C=O) groups is 2. The number of carboxylic acids is 1. The molecule has 2 rings (SSSR count). The van der Waals surface area contributed by atoms with E-state index in [1.165, 1.54) is 4.90 Å². The van der Waals surface area contributed by atoms with Crippen molar-refractivity contribution in [2.45, 2.75) is 38.8 Å². The predicted molar refractivity (Wildman–Crippen MR) is 77.5 cm³/mol. The van der Waals surface area contributed by atoms with Gasteiger partial charge in [-0.15, -0.1) is 11.3 Å². The second-order valence-electron chi connectivity index (χ2n) is 5.49. The molecule has 0 radical (unpaired) electrons. The van der Waals surface area contributed by atoms with Crippen molar-refractivity contribution in [1.29, 1.82) is 0 Å². The molecule has 0 aliphatic carbocycles. The zero-order valence-electron chi connectivity index (χ0n) is 11.7. The van der Waals surface area contributed by atoms with Gasteiger partial charge in [-0.2, -0.15) is 0 Å². The number of hydrogen-bond donors (Lipinski definition) is 2. The van der Waals surface area contributed by atoms with Gasteiger partial charge in [0.15, 0.2) is 6.04 Å². The molecular formula is C14H20N2O3S. The summed E-state index contributed by atoms with van der Waals surface area (Å²) in [7, 11) is 0. The molecular weight excluding hydrogens is 276 g/mol. The number of fused-ring (bicyclic) bond motifs is 1. The summed E-state index contributed by atoms with van der Waals surface area (Å²) in [4.78, 5) is 26.4. The van der Waals surface area contributed by atoms with E-state index in [1.54, 1.807) is 17.4 Å². The van der Waals surface area contributed by atoms with Gasteiger partial charge in [-0.1, -0.05) is 13.8 Å². The Morgan fingerprint density at radius 1 is 1.55 bits per heavy atom. The van der Waals surface area contributed by atoms with E-state index >= 15 is 0 Å². The number of nitrogens with two attached hydrogens (primary N) is 1. The summed E-state index contributed by atoms with van der Waals surface area (Å²) in [6.07, 6.45) is 0.917. The van der Waals surface area contributed by atoms with Gasteiger partial charge in [0.2, 0.25) is 5.91 Å². The Morgan fingerprint density at radius 3 is 2.85 bits per heavy atom. The quantitative estimate of drug-likeness (QED) is 0.884. The van der Waals surface area contributed by atoms with Crippen molar-refractivity contribution < 1.29 is 14.7 Å². The molecule has 1 aliphatic rings. The number of thiophene rings is 1. The number of amides is 1. The van der Waals surface area contributed by atoms with Gasteiger partial charge < -0.3 is 15.7 Å². The molecule has 3 N–H and O–H groups in total. The number of hydrogen-bond acceptors (Lipinski definition) is 4. The van der Waals surface area contributed by atoms with Crippen LogP contribution in [0.1, 0.15) is 36.8 Å². The summed E-state index contributed by atoms with van der Waals surface area (Å²) in [6.45, 7) is 4.37. The molecule has 0 bridgehead atoms. The van der Waals surface area contributed by atoms with Crippen LogP contribution in [0.5, 0.6) is 0 Å². The van der Waals surface area contributed by atoms with E-state index in [0.717, 1.165) is 16.9 Å². The number of aliphatic carboxylic acids is 1. The molecule has 1 aromatic rings. The highest BCUT2D eigenvalue weighted by Crippen LogP contribution is 2.34. The van der Waals surface area contributed by atoms with Crippen molar-refractivity contribution in [3.8, 4) is 0 Å². The van der Waals surface area contributed by atoms with Gasteiger partial charge in [0.25, 0.3) is 0 Å². The van der Waals surface area contributed by atoms with Crippen LogP contribution in [0.15, 0.2) is 11.4 Å². The van der Waals surface area contributed by atoms with E-state index in [2.05, 4.69) is 0 Å². The summed E-state index contributed by atoms with van der Waals surface area (Å²) < 4.78 is 0. The molecule has 0 fully saturated rings. The lowest BCUT2D eigenvalue weighted by atomic mass is 9.97. The molecule has 1 aromatic heterocycles. The molecule has 2 atom stereocenters. The van der Waals surface area contributed by atoms with Crippen molar-refractivity contribution >= 4 is 23.2 Å². The molecule has 0 spiro atoms. The number of carbonyl (C=O) groups excluding carboxylic acids is 1. The van der Waals surface area contributed by atoms with Gasteiger partial charge in [-0.25, -0.2) is 4.79 Å². The third kappa shape index (κ3) is 2.86. The van der Waals surface area contributed by atoms with Crippen LogP contribution in [0.3, 0.4) is 0 Å². The van der Waals surface area contributed by atoms with Gasteiger partial charge >= 0.3 is 5.97 Å². The van der Waals surface area contributed by atoms with E-state index in [4.69, 9.17) is 5.73 Å². The SMILES string of the molecule is CC(C)C(N)CC(=O)N1CCc2sccc2C1C(=O)O. The fourth-order valence-electron chi connectivity index (χ4n) is 2.41. The molecule has 1 aliphatic heterocycles. The van der Waals surface area contributed by atoms with Crippen molar-refractivity contribution in [2.24, 2.45) is 11.7 Å². The first kappa shape index (κ1) is 15.0. The van der Waals surface area contributed by atoms with Crippen LogP contribution < -0.4 is 5.73 Å². The maximum atomic E-state index is 12.3. The Bertz CT molecular complexity index is 512. The maximum absolute atomic E-state index is 12.3. The van der Waals surface area contributed by atoms with Crippen molar-refractivity contribution in [2.75, 3.05) is 6.54 Å². The van der Waals surface area contributed by atoms with Crippen molar-refractivity contribution in [1.82, 2.24) is 4.90 Å². The minimum absolute atomic E-state index is 0.171. The molecule has 1 amide bonds.